The van der Waals surface area contributed by atoms with Gasteiger partial charge in [0.15, 0.2) is 0 Å². The molecule has 26 heavy (non-hydrogen) atoms. The van der Waals surface area contributed by atoms with Crippen LogP contribution in [0.15, 0.2) is 41.6 Å². The van der Waals surface area contributed by atoms with Crippen LogP contribution < -0.4 is 10.6 Å². The van der Waals surface area contributed by atoms with Crippen LogP contribution in [0.2, 0.25) is 0 Å². The standard InChI is InChI=1S/C20H27N3O3/c1-3-26-19(24)17-16(13-23-11-9-14(2)10-12-23)21-20(25)22-18(17)15-7-5-4-6-8-15/h4-8,14,18H,3,9-13H2,1-2H3,(H2,21,22,25). The van der Waals surface area contributed by atoms with E-state index in [1.165, 1.54) is 0 Å². The summed E-state index contributed by atoms with van der Waals surface area (Å²) >= 11 is 0. The van der Waals surface area contributed by atoms with Gasteiger partial charge in [-0.15, -0.1) is 0 Å². The summed E-state index contributed by atoms with van der Waals surface area (Å²) in [7, 11) is 0. The predicted octanol–water partition coefficient (Wildman–Crippen LogP) is 2.59. The summed E-state index contributed by atoms with van der Waals surface area (Å²) in [5.41, 5.74) is 2.02. The number of rotatable bonds is 5. The summed E-state index contributed by atoms with van der Waals surface area (Å²) in [6.45, 7) is 6.85. The van der Waals surface area contributed by atoms with Crippen LogP contribution in [0, 0.1) is 5.92 Å². The molecule has 1 saturated heterocycles. The summed E-state index contributed by atoms with van der Waals surface area (Å²) in [5.74, 6) is 0.346. The minimum Gasteiger partial charge on any atom is -0.463 e. The van der Waals surface area contributed by atoms with Crippen molar-refractivity contribution >= 4 is 12.0 Å². The second kappa shape index (κ2) is 8.36. The molecule has 2 amide bonds. The number of nitrogens with zero attached hydrogens (tertiary/aromatic N) is 1. The number of hydrogen-bond acceptors (Lipinski definition) is 4. The summed E-state index contributed by atoms with van der Waals surface area (Å²) in [6, 6.07) is 8.76. The van der Waals surface area contributed by atoms with E-state index in [-0.39, 0.29) is 12.0 Å². The van der Waals surface area contributed by atoms with E-state index >= 15 is 0 Å². The fraction of sp³-hybridized carbons (Fsp3) is 0.500. The van der Waals surface area contributed by atoms with Gasteiger partial charge in [0.2, 0.25) is 0 Å². The van der Waals surface area contributed by atoms with Gasteiger partial charge < -0.3 is 15.4 Å². The molecule has 6 heteroatoms. The topological polar surface area (TPSA) is 70.7 Å². The van der Waals surface area contributed by atoms with Crippen molar-refractivity contribution in [3.8, 4) is 0 Å². The molecule has 2 aliphatic rings. The van der Waals surface area contributed by atoms with Crippen LogP contribution in [0.3, 0.4) is 0 Å². The van der Waals surface area contributed by atoms with E-state index < -0.39 is 6.04 Å². The van der Waals surface area contributed by atoms with Gasteiger partial charge in [0.05, 0.1) is 18.2 Å². The maximum Gasteiger partial charge on any atom is 0.338 e. The summed E-state index contributed by atoms with van der Waals surface area (Å²) in [4.78, 5) is 27.2. The minimum absolute atomic E-state index is 0.285. The highest BCUT2D eigenvalue weighted by Crippen LogP contribution is 2.28. The number of benzene rings is 1. The Morgan fingerprint density at radius 2 is 1.92 bits per heavy atom. The van der Waals surface area contributed by atoms with Gasteiger partial charge in [0.25, 0.3) is 0 Å². The van der Waals surface area contributed by atoms with Crippen LogP contribution in [0.1, 0.15) is 38.3 Å². The van der Waals surface area contributed by atoms with E-state index in [1.807, 2.05) is 30.3 Å². The van der Waals surface area contributed by atoms with E-state index in [9.17, 15) is 9.59 Å². The number of amides is 2. The molecule has 1 aromatic rings. The third-order valence-electron chi connectivity index (χ3n) is 5.04. The monoisotopic (exact) mass is 357 g/mol. The van der Waals surface area contributed by atoms with Crippen LogP contribution in [0.5, 0.6) is 0 Å². The van der Waals surface area contributed by atoms with Crippen LogP contribution in [0.25, 0.3) is 0 Å². The lowest BCUT2D eigenvalue weighted by molar-refractivity contribution is -0.139. The first-order valence-corrected chi connectivity index (χ1v) is 9.33. The number of hydrogen-bond donors (Lipinski definition) is 2. The minimum atomic E-state index is -0.497. The third kappa shape index (κ3) is 4.25. The van der Waals surface area contributed by atoms with E-state index in [2.05, 4.69) is 22.5 Å². The van der Waals surface area contributed by atoms with Crippen molar-refractivity contribution in [2.75, 3.05) is 26.2 Å². The molecule has 0 bridgehead atoms. The number of esters is 1. The largest absolute Gasteiger partial charge is 0.463 e. The normalized spacial score (nSPS) is 21.9. The van der Waals surface area contributed by atoms with E-state index in [0.29, 0.717) is 24.4 Å². The van der Waals surface area contributed by atoms with Gasteiger partial charge in [-0.1, -0.05) is 37.3 Å². The molecule has 0 spiro atoms. The summed E-state index contributed by atoms with van der Waals surface area (Å²) < 4.78 is 5.30. The number of likely N-dealkylation sites (tertiary alicyclic amines) is 1. The zero-order valence-electron chi connectivity index (χ0n) is 15.5. The first kappa shape index (κ1) is 18.5. The fourth-order valence-corrected chi connectivity index (χ4v) is 3.53. The first-order chi connectivity index (χ1) is 12.6. The molecule has 1 fully saturated rings. The Bertz CT molecular complexity index is 679. The molecular weight excluding hydrogens is 330 g/mol. The number of carbonyl (C=O) groups excluding carboxylic acids is 2. The van der Waals surface area contributed by atoms with Gasteiger partial charge in [0.1, 0.15) is 0 Å². The molecular formula is C20H27N3O3. The zero-order chi connectivity index (χ0) is 18.5. The van der Waals surface area contributed by atoms with Gasteiger partial charge in [-0.2, -0.15) is 0 Å². The van der Waals surface area contributed by atoms with E-state index in [0.717, 1.165) is 37.4 Å². The lowest BCUT2D eigenvalue weighted by Crippen LogP contribution is -2.49. The van der Waals surface area contributed by atoms with Crippen molar-refractivity contribution in [2.45, 2.75) is 32.7 Å². The molecule has 1 unspecified atom stereocenters. The van der Waals surface area contributed by atoms with Crippen molar-refractivity contribution in [2.24, 2.45) is 5.92 Å². The van der Waals surface area contributed by atoms with Gasteiger partial charge >= 0.3 is 12.0 Å². The van der Waals surface area contributed by atoms with Gasteiger partial charge in [-0.3, -0.25) is 4.90 Å². The lowest BCUT2D eigenvalue weighted by Gasteiger charge is -2.34. The molecule has 0 aliphatic carbocycles. The van der Waals surface area contributed by atoms with Gasteiger partial charge in [-0.25, -0.2) is 9.59 Å². The quantitative estimate of drug-likeness (QED) is 0.795. The summed E-state index contributed by atoms with van der Waals surface area (Å²) in [6.07, 6.45) is 2.27. The van der Waals surface area contributed by atoms with Gasteiger partial charge in [-0.05, 0) is 44.3 Å². The molecule has 2 heterocycles. The molecule has 2 N–H and O–H groups in total. The average Bonchev–Trinajstić information content (AvgIpc) is 2.64. The Balaban J connectivity index is 1.93. The Morgan fingerprint density at radius 1 is 1.23 bits per heavy atom. The zero-order valence-corrected chi connectivity index (χ0v) is 15.5. The molecule has 1 aromatic carbocycles. The lowest BCUT2D eigenvalue weighted by atomic mass is 9.94. The predicted molar refractivity (Wildman–Crippen MR) is 99.3 cm³/mol. The number of piperidine rings is 1. The van der Waals surface area contributed by atoms with Crippen LogP contribution in [-0.4, -0.2) is 43.1 Å². The SMILES string of the molecule is CCOC(=O)C1=C(CN2CCC(C)CC2)NC(=O)NC1c1ccccc1. The van der Waals surface area contributed by atoms with Crippen molar-refractivity contribution in [1.29, 1.82) is 0 Å². The Labute approximate surface area is 154 Å². The molecule has 2 aliphatic heterocycles. The van der Waals surface area contributed by atoms with Crippen molar-refractivity contribution in [3.05, 3.63) is 47.2 Å². The second-order valence-corrected chi connectivity index (χ2v) is 7.01. The Morgan fingerprint density at radius 3 is 2.58 bits per heavy atom. The molecule has 0 radical (unpaired) electrons. The number of nitrogens with one attached hydrogen (secondary N) is 2. The van der Waals surface area contributed by atoms with Gasteiger partial charge in [0, 0.05) is 12.2 Å². The van der Waals surface area contributed by atoms with Crippen LogP contribution in [-0.2, 0) is 9.53 Å². The Hall–Kier alpha value is -2.34. The van der Waals surface area contributed by atoms with Crippen molar-refractivity contribution in [3.63, 3.8) is 0 Å². The summed E-state index contributed by atoms with van der Waals surface area (Å²) in [5, 5.41) is 5.72. The van der Waals surface area contributed by atoms with Crippen molar-refractivity contribution in [1.82, 2.24) is 15.5 Å². The molecule has 6 nitrogen and oxygen atoms in total. The average molecular weight is 357 g/mol. The highest BCUT2D eigenvalue weighted by Gasteiger charge is 2.34. The second-order valence-electron chi connectivity index (χ2n) is 7.01. The number of urea groups is 1. The fourth-order valence-electron chi connectivity index (χ4n) is 3.53. The van der Waals surface area contributed by atoms with Crippen LogP contribution >= 0.6 is 0 Å². The third-order valence-corrected chi connectivity index (χ3v) is 5.04. The van der Waals surface area contributed by atoms with E-state index in [1.54, 1.807) is 6.92 Å². The highest BCUT2D eigenvalue weighted by molar-refractivity contribution is 5.95. The molecule has 0 aromatic heterocycles. The van der Waals surface area contributed by atoms with Crippen molar-refractivity contribution < 1.29 is 14.3 Å². The number of carbonyl (C=O) groups is 2. The smallest absolute Gasteiger partial charge is 0.338 e. The Kier molecular flexibility index (Phi) is 5.93. The first-order valence-electron chi connectivity index (χ1n) is 9.33. The molecule has 140 valence electrons. The maximum atomic E-state index is 12.7. The molecule has 1 atom stereocenters. The number of ether oxygens (including phenoxy) is 1. The van der Waals surface area contributed by atoms with Crippen LogP contribution in [0.4, 0.5) is 4.79 Å². The maximum absolute atomic E-state index is 12.7. The molecule has 0 saturated carbocycles. The molecule has 3 rings (SSSR count). The van der Waals surface area contributed by atoms with E-state index in [4.69, 9.17) is 4.74 Å². The highest BCUT2D eigenvalue weighted by atomic mass is 16.5.